The molecule has 0 atom stereocenters. The number of ether oxygens (including phenoxy) is 1. The molecule has 0 aliphatic carbocycles. The smallest absolute Gasteiger partial charge is 0.316 e. The largest absolute Gasteiger partial charge is 0.455 e. The minimum Gasteiger partial charge on any atom is -0.455 e. The molecule has 1 amide bonds. The summed E-state index contributed by atoms with van der Waals surface area (Å²) in [7, 11) is 0. The van der Waals surface area contributed by atoms with Crippen LogP contribution in [0.4, 0.5) is 0 Å². The van der Waals surface area contributed by atoms with Gasteiger partial charge in [-0.15, -0.1) is 23.5 Å². The van der Waals surface area contributed by atoms with Crippen molar-refractivity contribution in [2.75, 3.05) is 24.7 Å². The van der Waals surface area contributed by atoms with Crippen molar-refractivity contribution in [3.63, 3.8) is 0 Å². The van der Waals surface area contributed by atoms with Crippen LogP contribution in [-0.2, 0) is 14.3 Å². The number of hydrogen-bond donors (Lipinski definition) is 1. The van der Waals surface area contributed by atoms with Gasteiger partial charge in [-0.25, -0.2) is 0 Å². The van der Waals surface area contributed by atoms with Crippen molar-refractivity contribution in [3.8, 4) is 0 Å². The maximum absolute atomic E-state index is 11.8. The van der Waals surface area contributed by atoms with E-state index in [0.29, 0.717) is 6.54 Å². The van der Waals surface area contributed by atoms with E-state index in [1.807, 2.05) is 25.1 Å². The highest BCUT2D eigenvalue weighted by atomic mass is 32.2. The number of nitrogens with one attached hydrogen (secondary N) is 1. The van der Waals surface area contributed by atoms with Crippen molar-refractivity contribution < 1.29 is 14.3 Å². The molecular weight excluding hydrogens is 378 g/mol. The third-order valence-electron chi connectivity index (χ3n) is 3.91. The SMILES string of the molecule is Cc1ccc(SCCNC(=O)COC(=O)CSc2ccc(C)c(C)c2)cc1. The van der Waals surface area contributed by atoms with Crippen molar-refractivity contribution in [2.24, 2.45) is 0 Å². The standard InChI is InChI=1S/C21H25NO3S2/c1-15-4-7-18(8-5-15)26-11-10-22-20(23)13-25-21(24)14-27-19-9-6-16(2)17(3)12-19/h4-9,12H,10-11,13-14H2,1-3H3,(H,22,23). The van der Waals surface area contributed by atoms with Crippen LogP contribution >= 0.6 is 23.5 Å². The number of benzene rings is 2. The summed E-state index contributed by atoms with van der Waals surface area (Å²) < 4.78 is 5.03. The maximum Gasteiger partial charge on any atom is 0.316 e. The predicted molar refractivity (Wildman–Crippen MR) is 113 cm³/mol. The first kappa shape index (κ1) is 21.4. The molecule has 0 fully saturated rings. The van der Waals surface area contributed by atoms with Gasteiger partial charge in [0.05, 0.1) is 5.75 Å². The van der Waals surface area contributed by atoms with Gasteiger partial charge in [0.2, 0.25) is 0 Å². The molecule has 0 aliphatic heterocycles. The zero-order chi connectivity index (χ0) is 19.6. The van der Waals surface area contributed by atoms with Gasteiger partial charge in [-0.3, -0.25) is 9.59 Å². The Morgan fingerprint density at radius 3 is 2.33 bits per heavy atom. The molecule has 4 nitrogen and oxygen atoms in total. The number of rotatable bonds is 9. The molecule has 144 valence electrons. The fourth-order valence-electron chi connectivity index (χ4n) is 2.18. The Kier molecular flexibility index (Phi) is 8.75. The lowest BCUT2D eigenvalue weighted by molar-refractivity contribution is -0.145. The van der Waals surface area contributed by atoms with Crippen molar-refractivity contribution in [2.45, 2.75) is 30.6 Å². The molecular formula is C21H25NO3S2. The molecule has 0 radical (unpaired) electrons. The average Bonchev–Trinajstić information content (AvgIpc) is 2.66. The minimum atomic E-state index is -0.387. The van der Waals surface area contributed by atoms with E-state index in [2.05, 4.69) is 43.4 Å². The monoisotopic (exact) mass is 403 g/mol. The highest BCUT2D eigenvalue weighted by Crippen LogP contribution is 2.21. The number of aryl methyl sites for hydroxylation is 3. The first-order chi connectivity index (χ1) is 12.9. The second-order valence-corrected chi connectivity index (χ2v) is 8.42. The number of esters is 1. The molecule has 0 heterocycles. The van der Waals surface area contributed by atoms with Gasteiger partial charge >= 0.3 is 5.97 Å². The second kappa shape index (κ2) is 11.0. The highest BCUT2D eigenvalue weighted by molar-refractivity contribution is 8.00. The fourth-order valence-corrected chi connectivity index (χ4v) is 3.74. The maximum atomic E-state index is 11.8. The van der Waals surface area contributed by atoms with Crippen molar-refractivity contribution >= 4 is 35.4 Å². The Balaban J connectivity index is 1.58. The molecule has 27 heavy (non-hydrogen) atoms. The van der Waals surface area contributed by atoms with Crippen LogP contribution in [0.5, 0.6) is 0 Å². The summed E-state index contributed by atoms with van der Waals surface area (Å²) in [5, 5.41) is 2.76. The van der Waals surface area contributed by atoms with Crippen molar-refractivity contribution in [1.29, 1.82) is 0 Å². The van der Waals surface area contributed by atoms with Crippen LogP contribution in [0.1, 0.15) is 16.7 Å². The van der Waals surface area contributed by atoms with Crippen LogP contribution in [0, 0.1) is 20.8 Å². The average molecular weight is 404 g/mol. The van der Waals surface area contributed by atoms with Crippen molar-refractivity contribution in [3.05, 3.63) is 59.2 Å². The Morgan fingerprint density at radius 2 is 1.63 bits per heavy atom. The normalized spacial score (nSPS) is 10.5. The Hall–Kier alpha value is -1.92. The summed E-state index contributed by atoms with van der Waals surface area (Å²) in [6, 6.07) is 14.3. The molecule has 0 aromatic heterocycles. The molecule has 1 N–H and O–H groups in total. The van der Waals surface area contributed by atoms with E-state index < -0.39 is 0 Å². The summed E-state index contributed by atoms with van der Waals surface area (Å²) in [5.41, 5.74) is 3.64. The zero-order valence-corrected chi connectivity index (χ0v) is 17.5. The van der Waals surface area contributed by atoms with Gasteiger partial charge in [-0.1, -0.05) is 23.8 Å². The lowest BCUT2D eigenvalue weighted by Gasteiger charge is -2.07. The van der Waals surface area contributed by atoms with Crippen LogP contribution in [0.25, 0.3) is 0 Å². The van der Waals surface area contributed by atoms with Gasteiger partial charge in [0, 0.05) is 22.1 Å². The van der Waals surface area contributed by atoms with Crippen molar-refractivity contribution in [1.82, 2.24) is 5.32 Å². The number of carbonyl (C=O) groups excluding carboxylic acids is 2. The van der Waals surface area contributed by atoms with Gasteiger partial charge < -0.3 is 10.1 Å². The van der Waals surface area contributed by atoms with E-state index in [9.17, 15) is 9.59 Å². The van der Waals surface area contributed by atoms with Gasteiger partial charge in [-0.05, 0) is 56.2 Å². The second-order valence-electron chi connectivity index (χ2n) is 6.21. The predicted octanol–water partition coefficient (Wildman–Crippen LogP) is 4.16. The molecule has 6 heteroatoms. The molecule has 0 saturated heterocycles. The number of thioether (sulfide) groups is 2. The van der Waals surface area contributed by atoms with Gasteiger partial charge in [0.15, 0.2) is 6.61 Å². The molecule has 2 rings (SSSR count). The lowest BCUT2D eigenvalue weighted by atomic mass is 10.1. The van der Waals surface area contributed by atoms with Crippen LogP contribution in [0.15, 0.2) is 52.3 Å². The summed E-state index contributed by atoms with van der Waals surface area (Å²) in [5.74, 6) is 0.302. The topological polar surface area (TPSA) is 55.4 Å². The first-order valence-corrected chi connectivity index (χ1v) is 10.7. The zero-order valence-electron chi connectivity index (χ0n) is 15.9. The molecule has 0 bridgehead atoms. The van der Waals surface area contributed by atoms with Crippen LogP contribution < -0.4 is 5.32 Å². The van der Waals surface area contributed by atoms with E-state index in [-0.39, 0.29) is 24.2 Å². The van der Waals surface area contributed by atoms with Gasteiger partial charge in [0.25, 0.3) is 5.91 Å². The molecule has 2 aromatic rings. The summed E-state index contributed by atoms with van der Waals surface area (Å²) in [6.07, 6.45) is 0. The lowest BCUT2D eigenvalue weighted by Crippen LogP contribution is -2.30. The third-order valence-corrected chi connectivity index (χ3v) is 5.89. The number of hydrogen-bond acceptors (Lipinski definition) is 5. The Labute approximate surface area is 169 Å². The number of amides is 1. The van der Waals surface area contributed by atoms with E-state index in [0.717, 1.165) is 10.6 Å². The van der Waals surface area contributed by atoms with Crippen LogP contribution in [0.2, 0.25) is 0 Å². The molecule has 0 saturated carbocycles. The quantitative estimate of drug-likeness (QED) is 0.387. The summed E-state index contributed by atoms with van der Waals surface area (Å²) >= 11 is 3.09. The van der Waals surface area contributed by atoms with E-state index >= 15 is 0 Å². The fraction of sp³-hybridized carbons (Fsp3) is 0.333. The molecule has 0 aliphatic rings. The minimum absolute atomic E-state index is 0.194. The summed E-state index contributed by atoms with van der Waals surface area (Å²) in [6.45, 7) is 6.44. The van der Waals surface area contributed by atoms with Gasteiger partial charge in [0.1, 0.15) is 0 Å². The first-order valence-electron chi connectivity index (χ1n) is 8.76. The Bertz CT molecular complexity index is 775. The Morgan fingerprint density at radius 1 is 0.926 bits per heavy atom. The highest BCUT2D eigenvalue weighted by Gasteiger charge is 2.08. The van der Waals surface area contributed by atoms with E-state index in [4.69, 9.17) is 4.74 Å². The molecule has 0 spiro atoms. The van der Waals surface area contributed by atoms with Crippen LogP contribution in [-0.4, -0.2) is 36.5 Å². The summed E-state index contributed by atoms with van der Waals surface area (Å²) in [4.78, 5) is 25.7. The van der Waals surface area contributed by atoms with Gasteiger partial charge in [-0.2, -0.15) is 0 Å². The third kappa shape index (κ3) is 8.10. The van der Waals surface area contributed by atoms with Crippen LogP contribution in [0.3, 0.4) is 0 Å². The number of carbonyl (C=O) groups is 2. The molecule has 2 aromatic carbocycles. The molecule has 0 unspecified atom stereocenters. The van der Waals surface area contributed by atoms with E-state index in [1.165, 1.54) is 33.3 Å². The van der Waals surface area contributed by atoms with E-state index in [1.54, 1.807) is 11.8 Å².